The second-order valence-electron chi connectivity index (χ2n) is 5.33. The number of aliphatic hydroxyl groups excluding tert-OH is 1. The van der Waals surface area contributed by atoms with Crippen molar-refractivity contribution in [2.24, 2.45) is 0 Å². The number of rotatable bonds is 8. The molecule has 0 saturated heterocycles. The summed E-state index contributed by atoms with van der Waals surface area (Å²) in [4.78, 5) is 14.0. The van der Waals surface area contributed by atoms with E-state index in [0.717, 1.165) is 0 Å². The number of para-hydroxylation sites is 1. The first-order valence-corrected chi connectivity index (χ1v) is 7.60. The number of hydrogen-bond donors (Lipinski definition) is 2. The molecule has 7 heteroatoms. The van der Waals surface area contributed by atoms with Crippen LogP contribution in [0, 0.1) is 12.7 Å². The molecule has 6 nitrogen and oxygen atoms in total. The molecule has 0 fully saturated rings. The quantitative estimate of drug-likeness (QED) is 0.723. The molecule has 0 atom stereocenters. The molecule has 0 aliphatic heterocycles. The highest BCUT2D eigenvalue weighted by Crippen LogP contribution is 2.19. The predicted molar refractivity (Wildman–Crippen MR) is 90.6 cm³/mol. The Labute approximate surface area is 140 Å². The summed E-state index contributed by atoms with van der Waals surface area (Å²) in [6.07, 6.45) is 1.66. The number of aromatic nitrogens is 2. The Hall–Kier alpha value is -2.51. The molecule has 1 heterocycles. The molecule has 2 rings (SSSR count). The van der Waals surface area contributed by atoms with Gasteiger partial charge < -0.3 is 10.4 Å². The van der Waals surface area contributed by atoms with Gasteiger partial charge in [-0.3, -0.25) is 9.69 Å². The summed E-state index contributed by atoms with van der Waals surface area (Å²) >= 11 is 0. The number of anilines is 1. The maximum absolute atomic E-state index is 14.0. The van der Waals surface area contributed by atoms with E-state index >= 15 is 0 Å². The molecule has 0 bridgehead atoms. The zero-order valence-electron chi connectivity index (χ0n) is 13.6. The van der Waals surface area contributed by atoms with Crippen molar-refractivity contribution in [2.75, 3.05) is 31.6 Å². The Kier molecular flexibility index (Phi) is 6.22. The second kappa shape index (κ2) is 8.37. The molecule has 0 radical (unpaired) electrons. The highest BCUT2D eigenvalue weighted by Gasteiger charge is 2.15. The molecular weight excluding hydrogens is 311 g/mol. The van der Waals surface area contributed by atoms with Crippen LogP contribution in [0.1, 0.15) is 5.69 Å². The van der Waals surface area contributed by atoms with Gasteiger partial charge in [-0.2, -0.15) is 5.10 Å². The van der Waals surface area contributed by atoms with E-state index in [0.29, 0.717) is 24.6 Å². The molecule has 1 aromatic carbocycles. The third-order valence-electron chi connectivity index (χ3n) is 3.35. The van der Waals surface area contributed by atoms with Crippen LogP contribution in [-0.2, 0) is 4.79 Å². The van der Waals surface area contributed by atoms with Crippen LogP contribution in [0.2, 0.25) is 0 Å². The lowest BCUT2D eigenvalue weighted by molar-refractivity contribution is -0.117. The van der Waals surface area contributed by atoms with Gasteiger partial charge in [-0.15, -0.1) is 6.58 Å². The highest BCUT2D eigenvalue weighted by atomic mass is 19.1. The molecule has 2 aromatic rings. The molecular formula is C17H21FN4O2. The smallest absolute Gasteiger partial charge is 0.239 e. The van der Waals surface area contributed by atoms with E-state index in [1.54, 1.807) is 42.2 Å². The summed E-state index contributed by atoms with van der Waals surface area (Å²) in [6.45, 7) is 6.29. The molecule has 0 aliphatic carbocycles. The molecule has 0 spiro atoms. The van der Waals surface area contributed by atoms with E-state index in [9.17, 15) is 9.18 Å². The lowest BCUT2D eigenvalue weighted by atomic mass is 10.3. The number of amides is 1. The van der Waals surface area contributed by atoms with E-state index < -0.39 is 5.82 Å². The van der Waals surface area contributed by atoms with Crippen LogP contribution < -0.4 is 5.32 Å². The van der Waals surface area contributed by atoms with Gasteiger partial charge in [0.25, 0.3) is 0 Å². The van der Waals surface area contributed by atoms with Gasteiger partial charge in [-0.1, -0.05) is 18.2 Å². The standard InChI is InChI=1S/C17H21FN4O2/c1-3-8-21(9-10-23)12-17(24)19-16-11-13(2)20-22(16)15-7-5-4-6-14(15)18/h3-7,11,23H,1,8-10,12H2,2H3,(H,19,24). The number of carbonyl (C=O) groups excluding carboxylic acids is 1. The van der Waals surface area contributed by atoms with Crippen molar-refractivity contribution in [3.05, 3.63) is 54.5 Å². The fraction of sp³-hybridized carbons (Fsp3) is 0.294. The maximum atomic E-state index is 14.0. The Morgan fingerprint density at radius 1 is 1.50 bits per heavy atom. The summed E-state index contributed by atoms with van der Waals surface area (Å²) in [5.41, 5.74) is 0.922. The molecule has 2 N–H and O–H groups in total. The highest BCUT2D eigenvalue weighted by molar-refractivity contribution is 5.91. The van der Waals surface area contributed by atoms with Crippen molar-refractivity contribution in [1.82, 2.24) is 14.7 Å². The summed E-state index contributed by atoms with van der Waals surface area (Å²) in [7, 11) is 0. The molecule has 1 aromatic heterocycles. The number of nitrogens with one attached hydrogen (secondary N) is 1. The third-order valence-corrected chi connectivity index (χ3v) is 3.35. The monoisotopic (exact) mass is 332 g/mol. The van der Waals surface area contributed by atoms with E-state index in [1.807, 2.05) is 0 Å². The third kappa shape index (κ3) is 4.50. The Balaban J connectivity index is 2.17. The minimum absolute atomic E-state index is 0.0482. The van der Waals surface area contributed by atoms with Crippen molar-refractivity contribution in [3.63, 3.8) is 0 Å². The maximum Gasteiger partial charge on any atom is 0.239 e. The summed E-state index contributed by atoms with van der Waals surface area (Å²) in [6, 6.07) is 7.90. The van der Waals surface area contributed by atoms with Crippen LogP contribution in [0.15, 0.2) is 43.0 Å². The lowest BCUT2D eigenvalue weighted by Crippen LogP contribution is -2.35. The lowest BCUT2D eigenvalue weighted by Gasteiger charge is -2.18. The van der Waals surface area contributed by atoms with Gasteiger partial charge in [-0.25, -0.2) is 9.07 Å². The van der Waals surface area contributed by atoms with Crippen LogP contribution in [0.4, 0.5) is 10.2 Å². The van der Waals surface area contributed by atoms with Crippen molar-refractivity contribution in [1.29, 1.82) is 0 Å². The van der Waals surface area contributed by atoms with E-state index in [2.05, 4.69) is 17.0 Å². The number of hydrogen-bond acceptors (Lipinski definition) is 4. The molecule has 0 saturated carbocycles. The van der Waals surface area contributed by atoms with E-state index in [-0.39, 0.29) is 24.7 Å². The van der Waals surface area contributed by atoms with Gasteiger partial charge in [0.15, 0.2) is 0 Å². The number of halogens is 1. The van der Waals surface area contributed by atoms with Gasteiger partial charge in [0.2, 0.25) is 5.91 Å². The first-order chi connectivity index (χ1) is 11.5. The first kappa shape index (κ1) is 17.8. The van der Waals surface area contributed by atoms with Crippen LogP contribution in [-0.4, -0.2) is 51.9 Å². The molecule has 1 amide bonds. The van der Waals surface area contributed by atoms with Crippen LogP contribution in [0.25, 0.3) is 5.69 Å². The summed E-state index contributed by atoms with van der Waals surface area (Å²) < 4.78 is 15.4. The van der Waals surface area contributed by atoms with Crippen molar-refractivity contribution < 1.29 is 14.3 Å². The van der Waals surface area contributed by atoms with Crippen LogP contribution in [0.3, 0.4) is 0 Å². The zero-order valence-corrected chi connectivity index (χ0v) is 13.6. The van der Waals surface area contributed by atoms with E-state index in [4.69, 9.17) is 5.11 Å². The number of carbonyl (C=O) groups is 1. The van der Waals surface area contributed by atoms with Crippen LogP contribution in [0.5, 0.6) is 0 Å². The number of aliphatic hydroxyl groups is 1. The summed E-state index contributed by atoms with van der Waals surface area (Å²) in [5, 5.41) is 16.0. The van der Waals surface area contributed by atoms with Crippen molar-refractivity contribution in [2.45, 2.75) is 6.92 Å². The Morgan fingerprint density at radius 2 is 2.25 bits per heavy atom. The molecule has 128 valence electrons. The number of aryl methyl sites for hydroxylation is 1. The molecule has 24 heavy (non-hydrogen) atoms. The first-order valence-electron chi connectivity index (χ1n) is 7.60. The average molecular weight is 332 g/mol. The molecule has 0 aliphatic rings. The van der Waals surface area contributed by atoms with Gasteiger partial charge in [-0.05, 0) is 19.1 Å². The topological polar surface area (TPSA) is 70.4 Å². The Morgan fingerprint density at radius 3 is 2.92 bits per heavy atom. The SMILES string of the molecule is C=CCN(CCO)CC(=O)Nc1cc(C)nn1-c1ccccc1F. The summed E-state index contributed by atoms with van der Waals surface area (Å²) in [5.74, 6) is -0.308. The minimum atomic E-state index is -0.426. The van der Waals surface area contributed by atoms with Crippen molar-refractivity contribution >= 4 is 11.7 Å². The zero-order chi connectivity index (χ0) is 17.5. The van der Waals surface area contributed by atoms with Gasteiger partial charge in [0, 0.05) is 19.2 Å². The fourth-order valence-corrected chi connectivity index (χ4v) is 2.34. The van der Waals surface area contributed by atoms with Crippen molar-refractivity contribution in [3.8, 4) is 5.69 Å². The van der Waals surface area contributed by atoms with E-state index in [1.165, 1.54) is 10.7 Å². The number of nitrogens with zero attached hydrogens (tertiary/aromatic N) is 3. The molecule has 0 unspecified atom stereocenters. The predicted octanol–water partition coefficient (Wildman–Crippen LogP) is 1.74. The second-order valence-corrected chi connectivity index (χ2v) is 5.33. The minimum Gasteiger partial charge on any atom is -0.395 e. The van der Waals surface area contributed by atoms with Gasteiger partial charge in [0.05, 0.1) is 18.8 Å². The van der Waals surface area contributed by atoms with Gasteiger partial charge in [0.1, 0.15) is 17.3 Å². The largest absolute Gasteiger partial charge is 0.395 e. The normalized spacial score (nSPS) is 10.8. The number of benzene rings is 1. The van der Waals surface area contributed by atoms with Gasteiger partial charge >= 0.3 is 0 Å². The average Bonchev–Trinajstić information content (AvgIpc) is 2.88. The van der Waals surface area contributed by atoms with Crippen LogP contribution >= 0.6 is 0 Å². The Bertz CT molecular complexity index is 714. The fourth-order valence-electron chi connectivity index (χ4n) is 2.34.